The van der Waals surface area contributed by atoms with E-state index in [1.54, 1.807) is 21.8 Å². The van der Waals surface area contributed by atoms with Crippen LogP contribution in [0.15, 0.2) is 35.0 Å². The summed E-state index contributed by atoms with van der Waals surface area (Å²) in [6, 6.07) is 5.61. The zero-order valence-corrected chi connectivity index (χ0v) is 14.5. The third kappa shape index (κ3) is 2.80. The van der Waals surface area contributed by atoms with Gasteiger partial charge < -0.3 is 14.1 Å². The van der Waals surface area contributed by atoms with Gasteiger partial charge in [0.25, 0.3) is 5.91 Å². The second-order valence-electron chi connectivity index (χ2n) is 6.50. The summed E-state index contributed by atoms with van der Waals surface area (Å²) in [6.07, 6.45) is 3.29. The summed E-state index contributed by atoms with van der Waals surface area (Å²) < 4.78 is 13.1. The van der Waals surface area contributed by atoms with E-state index in [2.05, 4.69) is 10.1 Å². The first kappa shape index (κ1) is 15.8. The Bertz CT molecular complexity index is 919. The van der Waals surface area contributed by atoms with Crippen molar-refractivity contribution in [1.82, 2.24) is 19.5 Å². The summed E-state index contributed by atoms with van der Waals surface area (Å²) in [4.78, 5) is 19.1. The van der Waals surface area contributed by atoms with Gasteiger partial charge in [0.15, 0.2) is 11.4 Å². The van der Waals surface area contributed by atoms with E-state index in [9.17, 15) is 4.79 Å². The maximum Gasteiger partial charge on any atom is 0.259 e. The molecule has 3 aromatic rings. The minimum absolute atomic E-state index is 0.0177. The van der Waals surface area contributed by atoms with Crippen LogP contribution in [0.25, 0.3) is 17.1 Å². The van der Waals surface area contributed by atoms with Crippen LogP contribution >= 0.6 is 0 Å². The fraction of sp³-hybridized carbons (Fsp3) is 0.389. The van der Waals surface area contributed by atoms with E-state index in [0.29, 0.717) is 30.1 Å². The van der Waals surface area contributed by atoms with Crippen molar-refractivity contribution < 1.29 is 13.9 Å². The van der Waals surface area contributed by atoms with E-state index in [0.717, 1.165) is 11.5 Å². The van der Waals surface area contributed by atoms with Gasteiger partial charge in [0.1, 0.15) is 17.0 Å². The normalized spacial score (nSPS) is 21.0. The number of carbonyl (C=O) groups is 1. The van der Waals surface area contributed by atoms with Crippen LogP contribution in [0.4, 0.5) is 0 Å². The third-order valence-corrected chi connectivity index (χ3v) is 4.33. The lowest BCUT2D eigenvalue weighted by atomic mass is 10.2. The molecule has 4 rings (SSSR count). The van der Waals surface area contributed by atoms with Gasteiger partial charge in [-0.1, -0.05) is 0 Å². The molecule has 2 unspecified atom stereocenters. The molecule has 1 aliphatic heterocycles. The standard InChI is InChI=1S/C18H20N4O3/c1-11-4-5-16(25-11)15-6-7-19-17-14(8-20-22(15)17)18(23)21-9-12(2)24-13(3)10-21/h4-8,12-13H,9-10H2,1-3H3. The Balaban J connectivity index is 1.73. The highest BCUT2D eigenvalue weighted by molar-refractivity contribution is 6.00. The number of amides is 1. The molecule has 3 aromatic heterocycles. The number of rotatable bonds is 2. The smallest absolute Gasteiger partial charge is 0.259 e. The van der Waals surface area contributed by atoms with Crippen molar-refractivity contribution in [2.75, 3.05) is 13.1 Å². The summed E-state index contributed by atoms with van der Waals surface area (Å²) in [7, 11) is 0. The third-order valence-electron chi connectivity index (χ3n) is 4.33. The number of hydrogen-bond donors (Lipinski definition) is 0. The van der Waals surface area contributed by atoms with Gasteiger partial charge in [-0.2, -0.15) is 5.10 Å². The average molecular weight is 340 g/mol. The molecule has 1 saturated heterocycles. The van der Waals surface area contributed by atoms with Crippen molar-refractivity contribution in [3.8, 4) is 11.5 Å². The van der Waals surface area contributed by atoms with E-state index in [1.807, 2.05) is 39.0 Å². The molecule has 130 valence electrons. The lowest BCUT2D eigenvalue weighted by Crippen LogP contribution is -2.48. The van der Waals surface area contributed by atoms with Crippen LogP contribution in [-0.2, 0) is 4.74 Å². The Hall–Kier alpha value is -2.67. The number of hydrogen-bond acceptors (Lipinski definition) is 5. The van der Waals surface area contributed by atoms with Gasteiger partial charge in [0.05, 0.1) is 18.4 Å². The lowest BCUT2D eigenvalue weighted by Gasteiger charge is -2.35. The molecule has 1 amide bonds. The summed E-state index contributed by atoms with van der Waals surface area (Å²) >= 11 is 0. The molecular formula is C18H20N4O3. The minimum atomic E-state index is -0.0720. The van der Waals surface area contributed by atoms with Gasteiger partial charge in [-0.15, -0.1) is 0 Å². The van der Waals surface area contributed by atoms with Crippen molar-refractivity contribution in [3.63, 3.8) is 0 Å². The molecule has 0 saturated carbocycles. The molecule has 0 radical (unpaired) electrons. The van der Waals surface area contributed by atoms with Gasteiger partial charge in [0, 0.05) is 19.3 Å². The monoisotopic (exact) mass is 340 g/mol. The van der Waals surface area contributed by atoms with Gasteiger partial charge in [-0.05, 0) is 39.0 Å². The van der Waals surface area contributed by atoms with Gasteiger partial charge in [-0.3, -0.25) is 4.79 Å². The Morgan fingerprint density at radius 1 is 1.20 bits per heavy atom. The number of aryl methyl sites for hydroxylation is 1. The van der Waals surface area contributed by atoms with Crippen LogP contribution in [0.2, 0.25) is 0 Å². The van der Waals surface area contributed by atoms with Gasteiger partial charge >= 0.3 is 0 Å². The predicted molar refractivity (Wildman–Crippen MR) is 91.3 cm³/mol. The summed E-state index contributed by atoms with van der Waals surface area (Å²) in [6.45, 7) is 6.97. The molecule has 0 bridgehead atoms. The fourth-order valence-corrected chi connectivity index (χ4v) is 3.32. The largest absolute Gasteiger partial charge is 0.460 e. The molecule has 0 spiro atoms. The molecule has 7 nitrogen and oxygen atoms in total. The van der Waals surface area contributed by atoms with Crippen LogP contribution in [-0.4, -0.2) is 50.7 Å². The Morgan fingerprint density at radius 3 is 2.64 bits per heavy atom. The second-order valence-corrected chi connectivity index (χ2v) is 6.50. The number of furan rings is 1. The molecule has 0 N–H and O–H groups in total. The molecule has 1 fully saturated rings. The first-order valence-corrected chi connectivity index (χ1v) is 8.37. The number of fused-ring (bicyclic) bond motifs is 1. The van der Waals surface area contributed by atoms with Crippen molar-refractivity contribution in [2.24, 2.45) is 0 Å². The quantitative estimate of drug-likeness (QED) is 0.717. The molecule has 7 heteroatoms. The van der Waals surface area contributed by atoms with Crippen LogP contribution in [0.5, 0.6) is 0 Å². The highest BCUT2D eigenvalue weighted by Crippen LogP contribution is 2.24. The molecule has 1 aliphatic rings. The number of aromatic nitrogens is 3. The SMILES string of the molecule is Cc1ccc(-c2ccnc3c(C(=O)N4CC(C)OC(C)C4)cnn23)o1. The van der Waals surface area contributed by atoms with Gasteiger partial charge in [0.2, 0.25) is 0 Å². The van der Waals surface area contributed by atoms with E-state index in [4.69, 9.17) is 9.15 Å². The topological polar surface area (TPSA) is 72.9 Å². The Labute approximate surface area is 145 Å². The van der Waals surface area contributed by atoms with Crippen molar-refractivity contribution in [3.05, 3.63) is 41.9 Å². The summed E-state index contributed by atoms with van der Waals surface area (Å²) in [5, 5.41) is 4.37. The van der Waals surface area contributed by atoms with E-state index >= 15 is 0 Å². The van der Waals surface area contributed by atoms with E-state index < -0.39 is 0 Å². The van der Waals surface area contributed by atoms with Crippen LogP contribution < -0.4 is 0 Å². The second kappa shape index (κ2) is 6.00. The summed E-state index contributed by atoms with van der Waals surface area (Å²) in [5.74, 6) is 1.44. The highest BCUT2D eigenvalue weighted by atomic mass is 16.5. The van der Waals surface area contributed by atoms with Crippen molar-refractivity contribution in [1.29, 1.82) is 0 Å². The number of nitrogens with zero attached hydrogens (tertiary/aromatic N) is 4. The Morgan fingerprint density at radius 2 is 1.96 bits per heavy atom. The molecule has 4 heterocycles. The van der Waals surface area contributed by atoms with Crippen molar-refractivity contribution >= 4 is 11.6 Å². The highest BCUT2D eigenvalue weighted by Gasteiger charge is 2.29. The van der Waals surface area contributed by atoms with Crippen LogP contribution in [0.1, 0.15) is 30.0 Å². The average Bonchev–Trinajstić information content (AvgIpc) is 3.19. The molecular weight excluding hydrogens is 320 g/mol. The van der Waals surface area contributed by atoms with Crippen LogP contribution in [0, 0.1) is 6.92 Å². The zero-order valence-electron chi connectivity index (χ0n) is 14.5. The van der Waals surface area contributed by atoms with Gasteiger partial charge in [-0.25, -0.2) is 9.50 Å². The maximum absolute atomic E-state index is 13.0. The molecule has 2 atom stereocenters. The first-order valence-electron chi connectivity index (χ1n) is 8.37. The zero-order chi connectivity index (χ0) is 17.6. The Kier molecular flexibility index (Phi) is 3.80. The maximum atomic E-state index is 13.0. The number of carbonyl (C=O) groups excluding carboxylic acids is 1. The number of ether oxygens (including phenoxy) is 1. The van der Waals surface area contributed by atoms with Crippen molar-refractivity contribution in [2.45, 2.75) is 33.0 Å². The number of morpholine rings is 1. The summed E-state index contributed by atoms with van der Waals surface area (Å²) in [5.41, 5.74) is 1.79. The van der Waals surface area contributed by atoms with E-state index in [-0.39, 0.29) is 18.1 Å². The molecule has 25 heavy (non-hydrogen) atoms. The predicted octanol–water partition coefficient (Wildman–Crippen LogP) is 2.55. The van der Waals surface area contributed by atoms with Crippen LogP contribution in [0.3, 0.4) is 0 Å². The first-order chi connectivity index (χ1) is 12.0. The molecule has 0 aromatic carbocycles. The van der Waals surface area contributed by atoms with E-state index in [1.165, 1.54) is 0 Å². The fourth-order valence-electron chi connectivity index (χ4n) is 3.32. The minimum Gasteiger partial charge on any atom is -0.460 e. The lowest BCUT2D eigenvalue weighted by molar-refractivity contribution is -0.0585. The molecule has 0 aliphatic carbocycles.